The molecule has 0 atom stereocenters. The first-order valence-corrected chi connectivity index (χ1v) is 10.2. The Bertz CT molecular complexity index is 1360. The Balaban J connectivity index is 1.64. The van der Waals surface area contributed by atoms with Crippen molar-refractivity contribution in [1.29, 1.82) is 5.26 Å². The van der Waals surface area contributed by atoms with Gasteiger partial charge in [0.25, 0.3) is 5.91 Å². The number of benzene rings is 1. The van der Waals surface area contributed by atoms with Crippen LogP contribution in [0.25, 0.3) is 22.3 Å². The Hall–Kier alpha value is -3.83. The lowest BCUT2D eigenvalue weighted by molar-refractivity contribution is 0.102. The van der Waals surface area contributed by atoms with Crippen molar-refractivity contribution < 1.29 is 4.79 Å². The van der Waals surface area contributed by atoms with Crippen LogP contribution in [-0.4, -0.2) is 20.4 Å². The highest BCUT2D eigenvalue weighted by atomic mass is 32.1. The van der Waals surface area contributed by atoms with E-state index >= 15 is 0 Å². The van der Waals surface area contributed by atoms with Gasteiger partial charge in [0, 0.05) is 29.4 Å². The van der Waals surface area contributed by atoms with E-state index in [1.807, 2.05) is 19.2 Å². The lowest BCUT2D eigenvalue weighted by Crippen LogP contribution is -2.24. The lowest BCUT2D eigenvalue weighted by Gasteiger charge is -2.11. The van der Waals surface area contributed by atoms with E-state index in [1.165, 1.54) is 11.3 Å². The van der Waals surface area contributed by atoms with Crippen LogP contribution in [0.3, 0.4) is 0 Å². The van der Waals surface area contributed by atoms with Crippen LogP contribution in [0.4, 0.5) is 5.13 Å². The first kappa shape index (κ1) is 19.5. The number of carbonyl (C=O) groups is 1. The molecule has 30 heavy (non-hydrogen) atoms. The average Bonchev–Trinajstić information content (AvgIpc) is 3.22. The number of nitrogens with one attached hydrogen (secondary N) is 1. The molecule has 4 aromatic rings. The topological polar surface area (TPSA) is 101 Å². The van der Waals surface area contributed by atoms with E-state index in [0.717, 1.165) is 11.3 Å². The van der Waals surface area contributed by atoms with Crippen molar-refractivity contribution in [2.45, 2.75) is 20.4 Å². The molecule has 8 heteroatoms. The van der Waals surface area contributed by atoms with E-state index in [2.05, 4.69) is 21.4 Å². The van der Waals surface area contributed by atoms with Gasteiger partial charge in [-0.05, 0) is 38.1 Å². The van der Waals surface area contributed by atoms with Gasteiger partial charge in [0.2, 0.25) is 5.43 Å². The molecule has 0 saturated heterocycles. The Morgan fingerprint density at radius 3 is 2.67 bits per heavy atom. The number of aromatic nitrogens is 3. The van der Waals surface area contributed by atoms with Crippen molar-refractivity contribution >= 4 is 33.4 Å². The number of aryl methyl sites for hydroxylation is 2. The van der Waals surface area contributed by atoms with E-state index < -0.39 is 5.91 Å². The minimum atomic E-state index is -0.509. The molecule has 0 unspecified atom stereocenters. The van der Waals surface area contributed by atoms with Gasteiger partial charge in [-0.1, -0.05) is 12.1 Å². The van der Waals surface area contributed by atoms with E-state index in [0.29, 0.717) is 34.0 Å². The Kier molecular flexibility index (Phi) is 5.12. The van der Waals surface area contributed by atoms with E-state index in [-0.39, 0.29) is 11.0 Å². The summed E-state index contributed by atoms with van der Waals surface area (Å²) >= 11 is 1.27. The number of hydrogen-bond acceptors (Lipinski definition) is 6. The number of nitrogens with zero attached hydrogens (tertiary/aromatic N) is 4. The Morgan fingerprint density at radius 2 is 1.97 bits per heavy atom. The summed E-state index contributed by atoms with van der Waals surface area (Å²) in [6, 6.07) is 12.6. The summed E-state index contributed by atoms with van der Waals surface area (Å²) in [5.41, 5.74) is 3.15. The van der Waals surface area contributed by atoms with Crippen LogP contribution in [-0.2, 0) is 6.54 Å². The van der Waals surface area contributed by atoms with Crippen molar-refractivity contribution in [3.8, 4) is 17.3 Å². The molecule has 0 aliphatic carbocycles. The van der Waals surface area contributed by atoms with Crippen LogP contribution in [0, 0.1) is 18.3 Å². The number of carbonyl (C=O) groups excluding carboxylic acids is 1. The van der Waals surface area contributed by atoms with Crippen molar-refractivity contribution in [3.05, 3.63) is 75.0 Å². The zero-order valence-electron chi connectivity index (χ0n) is 16.3. The predicted octanol–water partition coefficient (Wildman–Crippen LogP) is 3.97. The van der Waals surface area contributed by atoms with Gasteiger partial charge in [-0.25, -0.2) is 9.97 Å². The zero-order valence-corrected chi connectivity index (χ0v) is 17.2. The average molecular weight is 415 g/mol. The molecule has 4 rings (SSSR count). The minimum Gasteiger partial charge on any atom is -0.332 e. The SMILES string of the molecule is CCn1cc(C(=O)Nc2nc(-c3ccc(C#N)cc3)cs2)c(=O)c2ccc(C)nc21. The van der Waals surface area contributed by atoms with E-state index in [9.17, 15) is 9.59 Å². The summed E-state index contributed by atoms with van der Waals surface area (Å²) in [5, 5.41) is 14.2. The van der Waals surface area contributed by atoms with Crippen LogP contribution < -0.4 is 10.7 Å². The molecule has 1 amide bonds. The first-order chi connectivity index (χ1) is 14.5. The molecule has 0 radical (unpaired) electrons. The van der Waals surface area contributed by atoms with Gasteiger partial charge in [-0.3, -0.25) is 14.9 Å². The second-order valence-electron chi connectivity index (χ2n) is 6.66. The third-order valence-electron chi connectivity index (χ3n) is 4.68. The summed E-state index contributed by atoms with van der Waals surface area (Å²) in [7, 11) is 0. The van der Waals surface area contributed by atoms with E-state index in [1.54, 1.807) is 47.2 Å². The fourth-order valence-electron chi connectivity index (χ4n) is 3.11. The summed E-state index contributed by atoms with van der Waals surface area (Å²) in [6.07, 6.45) is 1.54. The van der Waals surface area contributed by atoms with Crippen LogP contribution in [0.2, 0.25) is 0 Å². The number of fused-ring (bicyclic) bond motifs is 1. The molecule has 3 aromatic heterocycles. The number of anilines is 1. The standard InChI is InChI=1S/C22H17N5O2S/c1-3-27-11-17(19(28)16-9-4-13(2)24-20(16)27)21(29)26-22-25-18(12-30-22)15-7-5-14(10-23)6-8-15/h4-9,11-12H,3H2,1-2H3,(H,25,26,29). The summed E-state index contributed by atoms with van der Waals surface area (Å²) < 4.78 is 1.79. The largest absolute Gasteiger partial charge is 0.332 e. The fourth-order valence-corrected chi connectivity index (χ4v) is 3.82. The quantitative estimate of drug-likeness (QED) is 0.543. The van der Waals surface area contributed by atoms with Gasteiger partial charge < -0.3 is 4.57 Å². The summed E-state index contributed by atoms with van der Waals surface area (Å²) in [6.45, 7) is 4.37. The third-order valence-corrected chi connectivity index (χ3v) is 5.44. The van der Waals surface area contributed by atoms with Crippen LogP contribution in [0.15, 0.2) is 52.8 Å². The predicted molar refractivity (Wildman–Crippen MR) is 117 cm³/mol. The molecule has 1 aromatic carbocycles. The third kappa shape index (κ3) is 3.58. The van der Waals surface area contributed by atoms with Gasteiger partial charge in [0.05, 0.1) is 22.7 Å². The molecular formula is C22H17N5O2S. The number of nitriles is 1. The molecule has 0 aliphatic rings. The summed E-state index contributed by atoms with van der Waals surface area (Å²) in [5.74, 6) is -0.509. The van der Waals surface area contributed by atoms with E-state index in [4.69, 9.17) is 5.26 Å². The smallest absolute Gasteiger partial charge is 0.262 e. The number of hydrogen-bond donors (Lipinski definition) is 1. The van der Waals surface area contributed by atoms with Gasteiger partial charge in [-0.2, -0.15) is 5.26 Å². The highest BCUT2D eigenvalue weighted by Crippen LogP contribution is 2.25. The van der Waals surface area contributed by atoms with Gasteiger partial charge in [0.15, 0.2) is 5.13 Å². The molecule has 1 N–H and O–H groups in total. The number of amides is 1. The molecule has 0 fully saturated rings. The minimum absolute atomic E-state index is 0.0464. The second-order valence-corrected chi connectivity index (χ2v) is 7.52. The molecule has 0 bridgehead atoms. The van der Waals surface area contributed by atoms with Gasteiger partial charge in [0.1, 0.15) is 11.2 Å². The molecule has 7 nitrogen and oxygen atoms in total. The number of pyridine rings is 2. The van der Waals surface area contributed by atoms with Crippen molar-refractivity contribution in [2.75, 3.05) is 5.32 Å². The molecule has 0 aliphatic heterocycles. The molecule has 0 saturated carbocycles. The van der Waals surface area contributed by atoms with Gasteiger partial charge in [-0.15, -0.1) is 11.3 Å². The highest BCUT2D eigenvalue weighted by Gasteiger charge is 2.17. The maximum Gasteiger partial charge on any atom is 0.262 e. The molecule has 148 valence electrons. The summed E-state index contributed by atoms with van der Waals surface area (Å²) in [4.78, 5) is 34.6. The van der Waals surface area contributed by atoms with Crippen molar-refractivity contribution in [2.24, 2.45) is 0 Å². The van der Waals surface area contributed by atoms with Crippen LogP contribution in [0.5, 0.6) is 0 Å². The van der Waals surface area contributed by atoms with Crippen molar-refractivity contribution in [3.63, 3.8) is 0 Å². The monoisotopic (exact) mass is 415 g/mol. The first-order valence-electron chi connectivity index (χ1n) is 9.28. The Labute approximate surface area is 176 Å². The fraction of sp³-hybridized carbons (Fsp3) is 0.136. The molecule has 3 heterocycles. The maximum atomic E-state index is 12.9. The normalized spacial score (nSPS) is 10.7. The molecule has 0 spiro atoms. The lowest BCUT2D eigenvalue weighted by atomic mass is 10.1. The Morgan fingerprint density at radius 1 is 1.20 bits per heavy atom. The number of thiazole rings is 1. The van der Waals surface area contributed by atoms with Gasteiger partial charge >= 0.3 is 0 Å². The number of rotatable bonds is 4. The van der Waals surface area contributed by atoms with Crippen molar-refractivity contribution in [1.82, 2.24) is 14.5 Å². The maximum absolute atomic E-state index is 12.9. The van der Waals surface area contributed by atoms with Crippen LogP contribution >= 0.6 is 11.3 Å². The highest BCUT2D eigenvalue weighted by molar-refractivity contribution is 7.14. The second kappa shape index (κ2) is 7.89. The molecular weight excluding hydrogens is 398 g/mol. The van der Waals surface area contributed by atoms with Crippen LogP contribution in [0.1, 0.15) is 28.5 Å². The zero-order chi connectivity index (χ0) is 21.3.